The predicted molar refractivity (Wildman–Crippen MR) is 70.0 cm³/mol. The van der Waals surface area contributed by atoms with Crippen LogP contribution in [0.2, 0.25) is 0 Å². The molecule has 1 atom stereocenters. The quantitative estimate of drug-likeness (QED) is 0.775. The second-order valence-corrected chi connectivity index (χ2v) is 4.55. The average Bonchev–Trinajstić information content (AvgIpc) is 2.51. The zero-order valence-corrected chi connectivity index (χ0v) is 10.6. The van der Waals surface area contributed by atoms with Gasteiger partial charge in [0.05, 0.1) is 17.5 Å². The molecule has 0 aliphatic carbocycles. The number of allylic oxidation sites excluding steroid dienone is 3. The fraction of sp³-hybridized carbons (Fsp3) is 0.615. The Morgan fingerprint density at radius 2 is 2.19 bits per heavy atom. The van der Waals surface area contributed by atoms with Gasteiger partial charge in [0, 0.05) is 6.20 Å². The molecule has 2 N–H and O–H groups in total. The summed E-state index contributed by atoms with van der Waals surface area (Å²) in [6.45, 7) is 6.68. The Kier molecular flexibility index (Phi) is 4.59. The lowest BCUT2D eigenvalue weighted by atomic mass is 9.91. The molecule has 0 aromatic rings. The molecule has 3 heteroatoms. The maximum atomic E-state index is 5.72. The minimum Gasteiger partial charge on any atom is -0.397 e. The van der Waals surface area contributed by atoms with Gasteiger partial charge in [-0.3, -0.25) is 5.01 Å². The number of unbranched alkanes of at least 4 members (excludes halogenated alkanes) is 1. The van der Waals surface area contributed by atoms with Crippen molar-refractivity contribution in [1.29, 1.82) is 0 Å². The zero-order chi connectivity index (χ0) is 12.0. The Morgan fingerprint density at radius 1 is 1.44 bits per heavy atom. The first kappa shape index (κ1) is 12.8. The molecule has 3 nitrogen and oxygen atoms in total. The Balaban J connectivity index is 2.77. The van der Waals surface area contributed by atoms with Gasteiger partial charge in [0.1, 0.15) is 0 Å². The third-order valence-electron chi connectivity index (χ3n) is 3.23. The number of nitrogens with zero attached hydrogens (tertiary/aromatic N) is 2. The normalized spacial score (nSPS) is 19.2. The lowest BCUT2D eigenvalue weighted by Gasteiger charge is -2.36. The molecule has 1 aliphatic rings. The standard InChI is InChI=1S/C13H23N3/c1-4-6-9-13(3,5-2)16-10-7-8-12(14)11-15-16/h7-8,10-11H,4-6,9,14H2,1-3H3. The molecule has 16 heavy (non-hydrogen) atoms. The Labute approximate surface area is 98.7 Å². The molecule has 0 bridgehead atoms. The van der Waals surface area contributed by atoms with Gasteiger partial charge in [-0.2, -0.15) is 5.10 Å². The van der Waals surface area contributed by atoms with Crippen molar-refractivity contribution in [2.45, 2.75) is 52.0 Å². The van der Waals surface area contributed by atoms with Crippen LogP contribution in [-0.4, -0.2) is 16.8 Å². The van der Waals surface area contributed by atoms with Crippen LogP contribution in [0.15, 0.2) is 29.2 Å². The molecule has 90 valence electrons. The predicted octanol–water partition coefficient (Wildman–Crippen LogP) is 3.00. The summed E-state index contributed by atoms with van der Waals surface area (Å²) in [6, 6.07) is 0. The molecule has 0 amide bonds. The van der Waals surface area contributed by atoms with Crippen LogP contribution in [0, 0.1) is 0 Å². The fourth-order valence-electron chi connectivity index (χ4n) is 1.78. The van der Waals surface area contributed by atoms with Gasteiger partial charge in [0.25, 0.3) is 0 Å². The second-order valence-electron chi connectivity index (χ2n) is 4.55. The Morgan fingerprint density at radius 3 is 2.81 bits per heavy atom. The molecule has 0 fully saturated rings. The highest BCUT2D eigenvalue weighted by Crippen LogP contribution is 2.27. The molecule has 0 radical (unpaired) electrons. The monoisotopic (exact) mass is 221 g/mol. The van der Waals surface area contributed by atoms with Crippen LogP contribution < -0.4 is 5.73 Å². The summed E-state index contributed by atoms with van der Waals surface area (Å²) in [5.41, 5.74) is 6.52. The van der Waals surface area contributed by atoms with Crippen molar-refractivity contribution in [1.82, 2.24) is 5.01 Å². The molecule has 0 saturated heterocycles. The van der Waals surface area contributed by atoms with Crippen molar-refractivity contribution in [3.8, 4) is 0 Å². The maximum absolute atomic E-state index is 5.72. The van der Waals surface area contributed by atoms with Gasteiger partial charge in [-0.15, -0.1) is 0 Å². The van der Waals surface area contributed by atoms with Gasteiger partial charge in [-0.05, 0) is 31.9 Å². The lowest BCUT2D eigenvalue weighted by Crippen LogP contribution is -2.39. The summed E-state index contributed by atoms with van der Waals surface area (Å²) < 4.78 is 0. The molecule has 1 unspecified atom stereocenters. The van der Waals surface area contributed by atoms with Crippen LogP contribution in [0.25, 0.3) is 0 Å². The largest absolute Gasteiger partial charge is 0.397 e. The van der Waals surface area contributed by atoms with E-state index in [1.54, 1.807) is 6.21 Å². The first-order chi connectivity index (χ1) is 7.62. The number of rotatable bonds is 5. The SMILES string of the molecule is CCCCC(C)(CC)N1C=CC=C(N)C=N1. The summed E-state index contributed by atoms with van der Waals surface area (Å²) in [5, 5.41) is 6.47. The first-order valence-corrected chi connectivity index (χ1v) is 6.09. The summed E-state index contributed by atoms with van der Waals surface area (Å²) in [6.07, 6.45) is 12.2. The molecule has 1 aliphatic heterocycles. The molecule has 0 saturated carbocycles. The average molecular weight is 221 g/mol. The van der Waals surface area contributed by atoms with E-state index in [1.807, 2.05) is 23.4 Å². The summed E-state index contributed by atoms with van der Waals surface area (Å²) in [4.78, 5) is 0. The Bertz CT molecular complexity index is 304. The van der Waals surface area contributed by atoms with Crippen LogP contribution in [0.1, 0.15) is 46.5 Å². The van der Waals surface area contributed by atoms with E-state index in [-0.39, 0.29) is 5.54 Å². The number of hydrazone groups is 1. The highest BCUT2D eigenvalue weighted by molar-refractivity contribution is 5.77. The fourth-order valence-corrected chi connectivity index (χ4v) is 1.78. The third-order valence-corrected chi connectivity index (χ3v) is 3.23. The van der Waals surface area contributed by atoms with Crippen molar-refractivity contribution in [2.24, 2.45) is 10.8 Å². The molecule has 0 aromatic heterocycles. The van der Waals surface area contributed by atoms with Gasteiger partial charge < -0.3 is 5.73 Å². The maximum Gasteiger partial charge on any atom is 0.0704 e. The number of hydrogen-bond acceptors (Lipinski definition) is 3. The van der Waals surface area contributed by atoms with E-state index in [2.05, 4.69) is 25.9 Å². The van der Waals surface area contributed by atoms with Crippen molar-refractivity contribution in [2.75, 3.05) is 0 Å². The summed E-state index contributed by atoms with van der Waals surface area (Å²) in [5.74, 6) is 0. The Hall–Kier alpha value is -1.25. The van der Waals surface area contributed by atoms with Crippen LogP contribution >= 0.6 is 0 Å². The van der Waals surface area contributed by atoms with E-state index in [1.165, 1.54) is 12.8 Å². The molecule has 1 rings (SSSR count). The minimum absolute atomic E-state index is 0.0987. The van der Waals surface area contributed by atoms with E-state index in [9.17, 15) is 0 Å². The van der Waals surface area contributed by atoms with Gasteiger partial charge in [0.15, 0.2) is 0 Å². The van der Waals surface area contributed by atoms with Crippen LogP contribution in [0.5, 0.6) is 0 Å². The highest BCUT2D eigenvalue weighted by atomic mass is 15.5. The molecular weight excluding hydrogens is 198 g/mol. The molecule has 0 spiro atoms. The first-order valence-electron chi connectivity index (χ1n) is 6.09. The van der Waals surface area contributed by atoms with Crippen molar-refractivity contribution in [3.05, 3.63) is 24.0 Å². The van der Waals surface area contributed by atoms with E-state index in [4.69, 9.17) is 5.73 Å². The minimum atomic E-state index is 0.0987. The number of hydrogen-bond donors (Lipinski definition) is 1. The van der Waals surface area contributed by atoms with Crippen molar-refractivity contribution in [3.63, 3.8) is 0 Å². The van der Waals surface area contributed by atoms with E-state index in [0.717, 1.165) is 12.8 Å². The van der Waals surface area contributed by atoms with Crippen molar-refractivity contribution < 1.29 is 0 Å². The topological polar surface area (TPSA) is 41.6 Å². The van der Waals surface area contributed by atoms with Crippen LogP contribution in [0.4, 0.5) is 0 Å². The van der Waals surface area contributed by atoms with Crippen LogP contribution in [0.3, 0.4) is 0 Å². The second kappa shape index (κ2) is 5.73. The summed E-state index contributed by atoms with van der Waals surface area (Å²) >= 11 is 0. The number of nitrogens with two attached hydrogens (primary N) is 1. The highest BCUT2D eigenvalue weighted by Gasteiger charge is 2.27. The third kappa shape index (κ3) is 3.12. The van der Waals surface area contributed by atoms with Gasteiger partial charge in [-0.1, -0.05) is 26.7 Å². The molecule has 1 heterocycles. The van der Waals surface area contributed by atoms with Gasteiger partial charge >= 0.3 is 0 Å². The van der Waals surface area contributed by atoms with Crippen molar-refractivity contribution >= 4 is 6.21 Å². The van der Waals surface area contributed by atoms with E-state index >= 15 is 0 Å². The van der Waals surface area contributed by atoms with Gasteiger partial charge in [-0.25, -0.2) is 0 Å². The van der Waals surface area contributed by atoms with E-state index < -0.39 is 0 Å². The van der Waals surface area contributed by atoms with Gasteiger partial charge in [0.2, 0.25) is 0 Å². The lowest BCUT2D eigenvalue weighted by molar-refractivity contribution is 0.149. The zero-order valence-electron chi connectivity index (χ0n) is 10.6. The van der Waals surface area contributed by atoms with Crippen LogP contribution in [-0.2, 0) is 0 Å². The van der Waals surface area contributed by atoms with E-state index in [0.29, 0.717) is 5.70 Å². The molecule has 0 aromatic carbocycles. The summed E-state index contributed by atoms with van der Waals surface area (Å²) in [7, 11) is 0. The smallest absolute Gasteiger partial charge is 0.0704 e. The molecular formula is C13H23N3.